The highest BCUT2D eigenvalue weighted by molar-refractivity contribution is 5.22. The zero-order chi connectivity index (χ0) is 13.4. The summed E-state index contributed by atoms with van der Waals surface area (Å²) in [4.78, 5) is 0. The van der Waals surface area contributed by atoms with Crippen LogP contribution in [-0.2, 0) is 9.47 Å². The Morgan fingerprint density at radius 3 is 2.72 bits per heavy atom. The van der Waals surface area contributed by atoms with Gasteiger partial charge in [0.2, 0.25) is 0 Å². The second-order valence-corrected chi connectivity index (χ2v) is 3.82. The normalized spacial score (nSPS) is 12.7. The van der Waals surface area contributed by atoms with Crippen LogP contribution in [0.2, 0.25) is 0 Å². The molecule has 1 aromatic carbocycles. The summed E-state index contributed by atoms with van der Waals surface area (Å²) in [7, 11) is 1.58. The third-order valence-corrected chi connectivity index (χ3v) is 2.52. The number of rotatable bonds is 8. The van der Waals surface area contributed by atoms with Crippen molar-refractivity contribution in [3.8, 4) is 0 Å². The molecule has 0 fully saturated rings. The van der Waals surface area contributed by atoms with Gasteiger partial charge >= 0.3 is 0 Å². The average molecular weight is 259 g/mol. The van der Waals surface area contributed by atoms with Gasteiger partial charge in [-0.2, -0.15) is 0 Å². The van der Waals surface area contributed by atoms with E-state index in [-0.39, 0.29) is 18.2 Å². The summed E-state index contributed by atoms with van der Waals surface area (Å²) in [6, 6.07) is 3.80. The van der Waals surface area contributed by atoms with Gasteiger partial charge in [0.05, 0.1) is 25.9 Å². The topological polar surface area (TPSA) is 30.5 Å². The van der Waals surface area contributed by atoms with Gasteiger partial charge in [-0.15, -0.1) is 0 Å². The predicted octanol–water partition coefficient (Wildman–Crippen LogP) is 2.28. The fourth-order valence-electron chi connectivity index (χ4n) is 1.64. The summed E-state index contributed by atoms with van der Waals surface area (Å²) < 4.78 is 37.0. The molecule has 1 atom stereocenters. The molecule has 0 amide bonds. The molecule has 5 heteroatoms. The van der Waals surface area contributed by atoms with Crippen LogP contribution < -0.4 is 5.32 Å². The molecule has 0 saturated carbocycles. The Morgan fingerprint density at radius 1 is 1.28 bits per heavy atom. The molecule has 0 spiro atoms. The standard InChI is InChI=1S/C13H19F2NO2/c1-3-16-12(9-18-8-7-17-2)10-5-4-6-11(14)13(10)15/h4-6,12,16H,3,7-9H2,1-2H3. The van der Waals surface area contributed by atoms with Crippen molar-refractivity contribution in [2.24, 2.45) is 0 Å². The lowest BCUT2D eigenvalue weighted by atomic mass is 10.1. The van der Waals surface area contributed by atoms with Gasteiger partial charge in [-0.3, -0.25) is 0 Å². The molecule has 0 heterocycles. The van der Waals surface area contributed by atoms with E-state index in [1.165, 1.54) is 6.07 Å². The third kappa shape index (κ3) is 4.33. The molecule has 1 rings (SSSR count). The van der Waals surface area contributed by atoms with Crippen LogP contribution >= 0.6 is 0 Å². The predicted molar refractivity (Wildman–Crippen MR) is 65.5 cm³/mol. The Balaban J connectivity index is 2.68. The summed E-state index contributed by atoms with van der Waals surface area (Å²) in [5.41, 5.74) is 0.286. The largest absolute Gasteiger partial charge is 0.382 e. The van der Waals surface area contributed by atoms with Gasteiger partial charge in [0.25, 0.3) is 0 Å². The van der Waals surface area contributed by atoms with Crippen LogP contribution in [0.25, 0.3) is 0 Å². The van der Waals surface area contributed by atoms with E-state index in [9.17, 15) is 8.78 Å². The van der Waals surface area contributed by atoms with Gasteiger partial charge in [0.15, 0.2) is 11.6 Å². The molecule has 3 nitrogen and oxygen atoms in total. The summed E-state index contributed by atoms with van der Waals surface area (Å²) in [6.07, 6.45) is 0. The number of hydrogen-bond donors (Lipinski definition) is 1. The number of likely N-dealkylation sites (N-methyl/N-ethyl adjacent to an activating group) is 1. The Kier molecular flexibility index (Phi) is 6.78. The highest BCUT2D eigenvalue weighted by Gasteiger charge is 2.17. The third-order valence-electron chi connectivity index (χ3n) is 2.52. The van der Waals surface area contributed by atoms with Crippen molar-refractivity contribution in [1.29, 1.82) is 0 Å². The zero-order valence-corrected chi connectivity index (χ0v) is 10.7. The van der Waals surface area contributed by atoms with Crippen LogP contribution in [0.1, 0.15) is 18.5 Å². The summed E-state index contributed by atoms with van der Waals surface area (Å²) in [5, 5.41) is 3.07. The lowest BCUT2D eigenvalue weighted by Gasteiger charge is -2.19. The van der Waals surface area contributed by atoms with Gasteiger partial charge in [-0.25, -0.2) is 8.78 Å². The molecular formula is C13H19F2NO2. The number of benzene rings is 1. The van der Waals surface area contributed by atoms with Crippen LogP contribution in [0, 0.1) is 11.6 Å². The van der Waals surface area contributed by atoms with E-state index >= 15 is 0 Å². The van der Waals surface area contributed by atoms with Crippen LogP contribution in [0.4, 0.5) is 8.78 Å². The monoisotopic (exact) mass is 259 g/mol. The zero-order valence-electron chi connectivity index (χ0n) is 10.7. The first-order valence-corrected chi connectivity index (χ1v) is 5.94. The lowest BCUT2D eigenvalue weighted by molar-refractivity contribution is 0.0582. The maximum Gasteiger partial charge on any atom is 0.163 e. The van der Waals surface area contributed by atoms with E-state index in [2.05, 4.69) is 5.32 Å². The molecule has 1 aromatic rings. The first-order chi connectivity index (χ1) is 8.70. The van der Waals surface area contributed by atoms with Gasteiger partial charge in [-0.1, -0.05) is 19.1 Å². The van der Waals surface area contributed by atoms with E-state index in [0.29, 0.717) is 19.8 Å². The second kappa shape index (κ2) is 8.13. The quantitative estimate of drug-likeness (QED) is 0.726. The lowest BCUT2D eigenvalue weighted by Crippen LogP contribution is -2.27. The van der Waals surface area contributed by atoms with Crippen LogP contribution in [0.5, 0.6) is 0 Å². The van der Waals surface area contributed by atoms with Crippen molar-refractivity contribution in [2.75, 3.05) is 33.5 Å². The van der Waals surface area contributed by atoms with Crippen molar-refractivity contribution >= 4 is 0 Å². The fraction of sp³-hybridized carbons (Fsp3) is 0.538. The minimum absolute atomic E-state index is 0.275. The molecule has 1 unspecified atom stereocenters. The van der Waals surface area contributed by atoms with Crippen molar-refractivity contribution < 1.29 is 18.3 Å². The highest BCUT2D eigenvalue weighted by atomic mass is 19.2. The van der Waals surface area contributed by atoms with Gasteiger partial charge < -0.3 is 14.8 Å². The molecule has 0 aliphatic heterocycles. The number of ether oxygens (including phenoxy) is 2. The average Bonchev–Trinajstić information content (AvgIpc) is 2.37. The number of nitrogens with one attached hydrogen (secondary N) is 1. The summed E-state index contributed by atoms with van der Waals surface area (Å²) >= 11 is 0. The van der Waals surface area contributed by atoms with Crippen molar-refractivity contribution in [1.82, 2.24) is 5.32 Å². The molecule has 1 N–H and O–H groups in total. The van der Waals surface area contributed by atoms with Crippen molar-refractivity contribution in [2.45, 2.75) is 13.0 Å². The van der Waals surface area contributed by atoms with Crippen LogP contribution in [0.15, 0.2) is 18.2 Å². The molecule has 0 radical (unpaired) electrons. The van der Waals surface area contributed by atoms with Gasteiger partial charge in [0, 0.05) is 12.7 Å². The molecule has 0 aliphatic rings. The minimum atomic E-state index is -0.840. The molecular weight excluding hydrogens is 240 g/mol. The number of methoxy groups -OCH3 is 1. The first kappa shape index (κ1) is 15.0. The Bertz CT molecular complexity index is 361. The smallest absolute Gasteiger partial charge is 0.163 e. The van der Waals surface area contributed by atoms with Crippen molar-refractivity contribution in [3.05, 3.63) is 35.4 Å². The first-order valence-electron chi connectivity index (χ1n) is 5.94. The van der Waals surface area contributed by atoms with Crippen LogP contribution in [0.3, 0.4) is 0 Å². The maximum absolute atomic E-state index is 13.7. The Labute approximate surface area is 106 Å². The number of halogens is 2. The molecule has 0 saturated heterocycles. The molecule has 18 heavy (non-hydrogen) atoms. The SMILES string of the molecule is CCNC(COCCOC)c1cccc(F)c1F. The molecule has 102 valence electrons. The van der Waals surface area contributed by atoms with Gasteiger partial charge in [0.1, 0.15) is 0 Å². The summed E-state index contributed by atoms with van der Waals surface area (Å²) in [5.74, 6) is -1.66. The summed E-state index contributed by atoms with van der Waals surface area (Å²) in [6.45, 7) is 3.73. The van der Waals surface area contributed by atoms with E-state index < -0.39 is 11.6 Å². The highest BCUT2D eigenvalue weighted by Crippen LogP contribution is 2.19. The Morgan fingerprint density at radius 2 is 2.06 bits per heavy atom. The molecule has 0 bridgehead atoms. The Hall–Kier alpha value is -1.04. The van der Waals surface area contributed by atoms with E-state index in [1.807, 2.05) is 6.92 Å². The van der Waals surface area contributed by atoms with E-state index in [1.54, 1.807) is 13.2 Å². The fourth-order valence-corrected chi connectivity index (χ4v) is 1.64. The molecule has 0 aromatic heterocycles. The minimum Gasteiger partial charge on any atom is -0.382 e. The second-order valence-electron chi connectivity index (χ2n) is 3.82. The van der Waals surface area contributed by atoms with Crippen molar-refractivity contribution in [3.63, 3.8) is 0 Å². The van der Waals surface area contributed by atoms with E-state index in [4.69, 9.17) is 9.47 Å². The molecule has 0 aliphatic carbocycles. The van der Waals surface area contributed by atoms with Crippen LogP contribution in [-0.4, -0.2) is 33.5 Å². The maximum atomic E-state index is 13.7. The van der Waals surface area contributed by atoms with Gasteiger partial charge in [-0.05, 0) is 12.6 Å². The van der Waals surface area contributed by atoms with E-state index in [0.717, 1.165) is 6.07 Å². The number of hydrogen-bond acceptors (Lipinski definition) is 3.